The minimum absolute atomic E-state index is 0. The van der Waals surface area contributed by atoms with Crippen LogP contribution in [0.15, 0.2) is 155 Å². The second-order valence-electron chi connectivity index (χ2n) is 11.6. The standard InChI is InChI=1S/2C17H15.2CH3.2ClH.H4Si.Zr/c2*1-13-11-15-9-5-6-10-16(17(15)12-13)14-7-3-2-4-8-14;;;;;;/h2*2-12,16H,1H3;2*1H3;2*1H;1H4;/q;;;;;;;+2/p-2. The molecule has 0 fully saturated rings. The zero-order valence-corrected chi connectivity index (χ0v) is 27.1. The Hall–Kier alpha value is -1.96. The number of halogens is 2. The molecule has 0 radical (unpaired) electrons. The van der Waals surface area contributed by atoms with E-state index in [4.69, 9.17) is 0 Å². The van der Waals surface area contributed by atoms with Crippen LogP contribution in [0.25, 0.3) is 0 Å². The summed E-state index contributed by atoms with van der Waals surface area (Å²) in [5.41, 5.74) is 12.1. The van der Waals surface area contributed by atoms with E-state index in [0.717, 1.165) is 0 Å². The summed E-state index contributed by atoms with van der Waals surface area (Å²) in [5, 5.41) is 0. The van der Waals surface area contributed by atoms with Gasteiger partial charge in [0.25, 0.3) is 0 Å². The fraction of sp³-hybridized carbons (Fsp3) is 0.222. The maximum atomic E-state index is 2.71. The Morgan fingerprint density at radius 3 is 1.27 bits per heavy atom. The molecule has 4 atom stereocenters. The van der Waals surface area contributed by atoms with Crippen LogP contribution >= 0.6 is 0 Å². The van der Waals surface area contributed by atoms with Crippen LogP contribution in [0, 0.1) is 0 Å². The molecule has 0 nitrogen and oxygen atoms in total. The summed E-state index contributed by atoms with van der Waals surface area (Å²) in [5.74, 6) is 0.653. The maximum absolute atomic E-state index is 2.87. The fourth-order valence-corrected chi connectivity index (χ4v) is 19.7. The van der Waals surface area contributed by atoms with Crippen molar-refractivity contribution < 1.29 is 45.1 Å². The Morgan fingerprint density at radius 1 is 0.525 bits per heavy atom. The Balaban J connectivity index is 0.00000147. The van der Waals surface area contributed by atoms with Gasteiger partial charge in [0.15, 0.2) is 0 Å². The number of allylic oxidation sites excluding steroid dienone is 16. The molecule has 2 aromatic rings. The van der Waals surface area contributed by atoms with Gasteiger partial charge in [0.1, 0.15) is 0 Å². The Bertz CT molecular complexity index is 1360. The molecule has 0 N–H and O–H groups in total. The molecule has 0 heterocycles. The van der Waals surface area contributed by atoms with Crippen molar-refractivity contribution in [1.82, 2.24) is 0 Å². The van der Waals surface area contributed by atoms with E-state index in [1.165, 1.54) is 22.3 Å². The molecule has 4 unspecified atom stereocenters. The molecule has 0 amide bonds. The van der Waals surface area contributed by atoms with Crippen molar-refractivity contribution in [2.75, 3.05) is 0 Å². The zero-order valence-electron chi connectivity index (χ0n) is 23.1. The van der Waals surface area contributed by atoms with Gasteiger partial charge in [0, 0.05) is 0 Å². The van der Waals surface area contributed by atoms with Crippen molar-refractivity contribution in [2.45, 2.75) is 42.2 Å². The first-order valence-corrected chi connectivity index (χ1v) is 21.4. The zero-order chi connectivity index (χ0) is 25.6. The molecular formula is C36H40Cl2SiZr. The van der Waals surface area contributed by atoms with E-state index >= 15 is 0 Å². The molecule has 0 spiro atoms. The predicted molar refractivity (Wildman–Crippen MR) is 167 cm³/mol. The quantitative estimate of drug-likeness (QED) is 0.442. The second kappa shape index (κ2) is 13.3. The number of hydrogen-bond acceptors (Lipinski definition) is 0. The van der Waals surface area contributed by atoms with Crippen LogP contribution in [0.5, 0.6) is 0 Å². The van der Waals surface area contributed by atoms with Crippen molar-refractivity contribution in [3.05, 3.63) is 166 Å². The largest absolute Gasteiger partial charge is 1.00 e. The smallest absolute Gasteiger partial charge is 0.0149 e. The van der Waals surface area contributed by atoms with Gasteiger partial charge in [-0.25, -0.2) is 0 Å². The van der Waals surface area contributed by atoms with E-state index in [1.807, 2.05) is 0 Å². The summed E-state index contributed by atoms with van der Waals surface area (Å²) in [7, 11) is 0. The van der Waals surface area contributed by atoms with Crippen LogP contribution in [-0.2, 0) is 20.3 Å². The van der Waals surface area contributed by atoms with Crippen LogP contribution < -0.4 is 24.8 Å². The van der Waals surface area contributed by atoms with E-state index < -0.39 is 20.3 Å². The SMILES string of the molecule is CC1=CC2=C(C=CC=CC2c2ccccc2)[CH]1[Zr+2]([CH3])([CH3])[CH]1C(C)=CC2=C1C=CC=CC2c1ccccc1.[Cl-].[Cl-].[SiH4]. The van der Waals surface area contributed by atoms with Crippen LogP contribution in [0.1, 0.15) is 36.8 Å². The fourth-order valence-electron chi connectivity index (χ4n) is 7.49. The molecule has 0 saturated heterocycles. The predicted octanol–water partition coefficient (Wildman–Crippen LogP) is 2.70. The summed E-state index contributed by atoms with van der Waals surface area (Å²) in [4.78, 5) is 0. The molecular weight excluding hydrogens is 623 g/mol. The van der Waals surface area contributed by atoms with Gasteiger partial charge in [-0.1, -0.05) is 0 Å². The summed E-state index contributed by atoms with van der Waals surface area (Å²) in [6, 6.07) is 22.0. The van der Waals surface area contributed by atoms with Gasteiger partial charge in [-0.3, -0.25) is 0 Å². The van der Waals surface area contributed by atoms with Gasteiger partial charge in [-0.05, 0) is 11.0 Å². The van der Waals surface area contributed by atoms with Gasteiger partial charge in [0.05, 0.1) is 0 Å². The maximum Gasteiger partial charge on any atom is -0.0149 e. The third-order valence-corrected chi connectivity index (χ3v) is 19.9. The molecule has 4 aliphatic carbocycles. The van der Waals surface area contributed by atoms with E-state index in [0.29, 0.717) is 19.1 Å². The minimum atomic E-state index is -2.87. The normalized spacial score (nSPS) is 24.2. The summed E-state index contributed by atoms with van der Waals surface area (Å²) < 4.78 is 6.56. The first kappa shape index (κ1) is 32.6. The van der Waals surface area contributed by atoms with Crippen LogP contribution in [-0.4, -0.2) is 11.0 Å². The average Bonchev–Trinajstić information content (AvgIpc) is 3.23. The van der Waals surface area contributed by atoms with Crippen molar-refractivity contribution in [3.63, 3.8) is 0 Å². The average molecular weight is 663 g/mol. The number of hydrogen-bond donors (Lipinski definition) is 0. The number of rotatable bonds is 4. The molecule has 0 aliphatic heterocycles. The summed E-state index contributed by atoms with van der Waals surface area (Å²) in [6.07, 6.45) is 23.8. The third-order valence-electron chi connectivity index (χ3n) is 8.82. The van der Waals surface area contributed by atoms with Gasteiger partial charge in [-0.2, -0.15) is 0 Å². The van der Waals surface area contributed by atoms with E-state index in [9.17, 15) is 0 Å². The molecule has 2 aromatic carbocycles. The summed E-state index contributed by atoms with van der Waals surface area (Å²) in [6.45, 7) is 4.80. The Labute approximate surface area is 262 Å². The van der Waals surface area contributed by atoms with Gasteiger partial charge >= 0.3 is 228 Å². The van der Waals surface area contributed by atoms with Crippen LogP contribution in [0.2, 0.25) is 16.5 Å². The van der Waals surface area contributed by atoms with E-state index in [-0.39, 0.29) is 35.8 Å². The molecule has 206 valence electrons. The first-order chi connectivity index (χ1) is 18.0. The Kier molecular flexibility index (Phi) is 10.9. The number of benzene rings is 2. The molecule has 4 heteroatoms. The van der Waals surface area contributed by atoms with Crippen molar-refractivity contribution >= 4 is 11.0 Å². The molecule has 0 bridgehead atoms. The van der Waals surface area contributed by atoms with Crippen molar-refractivity contribution in [1.29, 1.82) is 0 Å². The van der Waals surface area contributed by atoms with Crippen molar-refractivity contribution in [3.8, 4) is 0 Å². The first-order valence-electron chi connectivity index (χ1n) is 13.6. The van der Waals surface area contributed by atoms with Gasteiger partial charge < -0.3 is 24.8 Å². The van der Waals surface area contributed by atoms with E-state index in [1.54, 1.807) is 22.3 Å². The monoisotopic (exact) mass is 660 g/mol. The van der Waals surface area contributed by atoms with Gasteiger partial charge in [-0.15, -0.1) is 0 Å². The van der Waals surface area contributed by atoms with Crippen molar-refractivity contribution in [2.24, 2.45) is 0 Å². The minimum Gasteiger partial charge on any atom is -1.00 e. The second-order valence-corrected chi connectivity index (χ2v) is 23.3. The van der Waals surface area contributed by atoms with E-state index in [2.05, 4.69) is 145 Å². The summed E-state index contributed by atoms with van der Waals surface area (Å²) >= 11 is -2.87. The molecule has 6 rings (SSSR count). The van der Waals surface area contributed by atoms with Crippen LogP contribution in [0.3, 0.4) is 0 Å². The third kappa shape index (κ3) is 5.71. The molecule has 40 heavy (non-hydrogen) atoms. The topological polar surface area (TPSA) is 0 Å². The van der Waals surface area contributed by atoms with Crippen LogP contribution in [0.4, 0.5) is 0 Å². The molecule has 4 aliphatic rings. The molecule has 0 aromatic heterocycles. The molecule has 0 saturated carbocycles. The Morgan fingerprint density at radius 2 is 0.900 bits per heavy atom. The van der Waals surface area contributed by atoms with Gasteiger partial charge in [0.2, 0.25) is 0 Å².